The minimum atomic E-state index is -3.45. The molecule has 0 spiro atoms. The number of carboxylic acid groups (broad SMARTS) is 1. The molecule has 1 saturated heterocycles. The van der Waals surface area contributed by atoms with Crippen molar-refractivity contribution in [2.45, 2.75) is 18.8 Å². The molecule has 0 saturated carbocycles. The van der Waals surface area contributed by atoms with Crippen LogP contribution in [0.5, 0.6) is 0 Å². The summed E-state index contributed by atoms with van der Waals surface area (Å²) in [6.07, 6.45) is 6.19. The second-order valence-electron chi connectivity index (χ2n) is 6.72. The molecule has 27 heavy (non-hydrogen) atoms. The van der Waals surface area contributed by atoms with Crippen LogP contribution >= 0.6 is 0 Å². The number of hydrogen-bond donors (Lipinski definition) is 1. The van der Waals surface area contributed by atoms with E-state index < -0.39 is 16.2 Å². The Labute approximate surface area is 158 Å². The summed E-state index contributed by atoms with van der Waals surface area (Å²) < 4.78 is 27.6. The van der Waals surface area contributed by atoms with E-state index in [-0.39, 0.29) is 11.5 Å². The van der Waals surface area contributed by atoms with Crippen molar-refractivity contribution >= 4 is 16.2 Å². The Kier molecular flexibility index (Phi) is 5.54. The van der Waals surface area contributed by atoms with Gasteiger partial charge < -0.3 is 5.11 Å². The maximum absolute atomic E-state index is 12.4. The van der Waals surface area contributed by atoms with Gasteiger partial charge in [-0.3, -0.25) is 9.97 Å². The molecule has 1 aliphatic heterocycles. The molecular formula is C18H22N4O4S. The summed E-state index contributed by atoms with van der Waals surface area (Å²) in [5.41, 5.74) is 2.41. The largest absolute Gasteiger partial charge is 0.478 e. The topological polar surface area (TPSA) is 104 Å². The Morgan fingerprint density at radius 3 is 2.74 bits per heavy atom. The summed E-state index contributed by atoms with van der Waals surface area (Å²) in [6.45, 7) is 0.881. The molecule has 1 atom stereocenters. The highest BCUT2D eigenvalue weighted by Crippen LogP contribution is 2.30. The van der Waals surface area contributed by atoms with Gasteiger partial charge in [0.1, 0.15) is 0 Å². The van der Waals surface area contributed by atoms with E-state index in [0.29, 0.717) is 18.7 Å². The number of aromatic carboxylic acids is 1. The number of nitrogens with zero attached hydrogens (tertiary/aromatic N) is 4. The molecule has 9 heteroatoms. The van der Waals surface area contributed by atoms with E-state index in [4.69, 9.17) is 5.11 Å². The molecule has 3 heterocycles. The molecule has 3 rings (SSSR count). The second kappa shape index (κ2) is 7.71. The summed E-state index contributed by atoms with van der Waals surface area (Å²) in [5, 5.41) is 9.15. The molecule has 0 radical (unpaired) electrons. The van der Waals surface area contributed by atoms with Gasteiger partial charge in [0.05, 0.1) is 5.56 Å². The molecule has 144 valence electrons. The zero-order valence-electron chi connectivity index (χ0n) is 15.2. The number of pyridine rings is 2. The number of piperidine rings is 1. The standard InChI is InChI=1S/C18H22N4O4S/c1-21(2)27(25,26)22-7-3-4-14(12-22)17-9-13(5-6-20-17)15-8-16(18(23)24)11-19-10-15/h5-6,8-11,14H,3-4,7,12H2,1-2H3,(H,23,24)/t14-/m1/s1. The maximum atomic E-state index is 12.4. The van der Waals surface area contributed by atoms with Crippen LogP contribution in [0, 0.1) is 0 Å². The smallest absolute Gasteiger partial charge is 0.337 e. The number of hydrogen-bond acceptors (Lipinski definition) is 5. The zero-order chi connectivity index (χ0) is 19.6. The lowest BCUT2D eigenvalue weighted by molar-refractivity contribution is 0.0696. The van der Waals surface area contributed by atoms with E-state index in [9.17, 15) is 13.2 Å². The normalized spacial score (nSPS) is 18.6. The Bertz CT molecular complexity index is 946. The van der Waals surface area contributed by atoms with Crippen molar-refractivity contribution in [2.24, 2.45) is 0 Å². The summed E-state index contributed by atoms with van der Waals surface area (Å²) in [5.74, 6) is -1.04. The highest BCUT2D eigenvalue weighted by molar-refractivity contribution is 7.86. The van der Waals surface area contributed by atoms with Gasteiger partial charge in [-0.2, -0.15) is 17.0 Å². The third-order valence-corrected chi connectivity index (χ3v) is 6.60. The number of carboxylic acids is 1. The van der Waals surface area contributed by atoms with E-state index in [1.807, 2.05) is 6.07 Å². The number of rotatable bonds is 5. The Balaban J connectivity index is 1.87. The van der Waals surface area contributed by atoms with Crippen LogP contribution in [0.3, 0.4) is 0 Å². The summed E-state index contributed by atoms with van der Waals surface area (Å²) in [4.78, 5) is 19.6. The molecule has 2 aromatic heterocycles. The first kappa shape index (κ1) is 19.4. The fraction of sp³-hybridized carbons (Fsp3) is 0.389. The average molecular weight is 390 g/mol. The third-order valence-electron chi connectivity index (χ3n) is 4.69. The van der Waals surface area contributed by atoms with Gasteiger partial charge in [-0.05, 0) is 36.6 Å². The van der Waals surface area contributed by atoms with Crippen LogP contribution in [0.15, 0.2) is 36.8 Å². The minimum Gasteiger partial charge on any atom is -0.478 e. The lowest BCUT2D eigenvalue weighted by atomic mass is 9.94. The lowest BCUT2D eigenvalue weighted by Gasteiger charge is -2.33. The number of aromatic nitrogens is 2. The monoisotopic (exact) mass is 390 g/mol. The molecule has 1 aliphatic rings. The van der Waals surface area contributed by atoms with Crippen LogP contribution in [-0.4, -0.2) is 65.3 Å². The van der Waals surface area contributed by atoms with Gasteiger partial charge in [-0.1, -0.05) is 0 Å². The highest BCUT2D eigenvalue weighted by Gasteiger charge is 2.31. The van der Waals surface area contributed by atoms with E-state index in [0.717, 1.165) is 24.1 Å². The number of carbonyl (C=O) groups is 1. The fourth-order valence-corrected chi connectivity index (χ4v) is 4.38. The van der Waals surface area contributed by atoms with Crippen molar-refractivity contribution in [1.82, 2.24) is 18.6 Å². The quantitative estimate of drug-likeness (QED) is 0.835. The first-order valence-electron chi connectivity index (χ1n) is 8.61. The van der Waals surface area contributed by atoms with Crippen molar-refractivity contribution in [3.63, 3.8) is 0 Å². The van der Waals surface area contributed by atoms with Crippen LogP contribution < -0.4 is 0 Å². The SMILES string of the molecule is CN(C)S(=O)(=O)N1CCC[C@@H](c2cc(-c3cncc(C(=O)O)c3)ccn2)C1. The van der Waals surface area contributed by atoms with Crippen molar-refractivity contribution in [3.05, 3.63) is 48.0 Å². The molecule has 0 aromatic carbocycles. The van der Waals surface area contributed by atoms with Crippen molar-refractivity contribution in [1.29, 1.82) is 0 Å². The van der Waals surface area contributed by atoms with Crippen LogP contribution in [0.25, 0.3) is 11.1 Å². The van der Waals surface area contributed by atoms with Crippen molar-refractivity contribution in [2.75, 3.05) is 27.2 Å². The van der Waals surface area contributed by atoms with Gasteiger partial charge in [-0.25, -0.2) is 4.79 Å². The first-order chi connectivity index (χ1) is 12.8. The van der Waals surface area contributed by atoms with Gasteiger partial charge in [0.15, 0.2) is 0 Å². The van der Waals surface area contributed by atoms with Crippen LogP contribution in [0.4, 0.5) is 0 Å². The minimum absolute atomic E-state index is 0.0101. The van der Waals surface area contributed by atoms with Crippen LogP contribution in [0.2, 0.25) is 0 Å². The molecule has 0 unspecified atom stereocenters. The average Bonchev–Trinajstić information content (AvgIpc) is 2.68. The van der Waals surface area contributed by atoms with Gasteiger partial charge in [-0.15, -0.1) is 0 Å². The van der Waals surface area contributed by atoms with E-state index >= 15 is 0 Å². The molecular weight excluding hydrogens is 368 g/mol. The predicted octanol–water partition coefficient (Wildman–Crippen LogP) is 1.83. The summed E-state index contributed by atoms with van der Waals surface area (Å²) in [7, 11) is -0.399. The van der Waals surface area contributed by atoms with Crippen molar-refractivity contribution in [3.8, 4) is 11.1 Å². The van der Waals surface area contributed by atoms with Crippen LogP contribution in [-0.2, 0) is 10.2 Å². The fourth-order valence-electron chi connectivity index (χ4n) is 3.19. The molecule has 0 bridgehead atoms. The van der Waals surface area contributed by atoms with Gasteiger partial charge in [0.25, 0.3) is 10.2 Å². The highest BCUT2D eigenvalue weighted by atomic mass is 32.2. The molecule has 1 fully saturated rings. The second-order valence-corrected chi connectivity index (χ2v) is 8.87. The molecule has 1 N–H and O–H groups in total. The molecule has 8 nitrogen and oxygen atoms in total. The molecule has 0 aliphatic carbocycles. The van der Waals surface area contributed by atoms with E-state index in [2.05, 4.69) is 9.97 Å². The zero-order valence-corrected chi connectivity index (χ0v) is 16.1. The van der Waals surface area contributed by atoms with Gasteiger partial charge >= 0.3 is 5.97 Å². The molecule has 0 amide bonds. The van der Waals surface area contributed by atoms with E-state index in [1.165, 1.54) is 28.9 Å². The maximum Gasteiger partial charge on any atom is 0.337 e. The summed E-state index contributed by atoms with van der Waals surface area (Å²) in [6, 6.07) is 5.25. The Hall–Kier alpha value is -2.36. The third kappa shape index (κ3) is 4.15. The first-order valence-corrected chi connectivity index (χ1v) is 10.0. The lowest BCUT2D eigenvalue weighted by Crippen LogP contribution is -2.45. The van der Waals surface area contributed by atoms with Gasteiger partial charge in [0.2, 0.25) is 0 Å². The van der Waals surface area contributed by atoms with E-state index in [1.54, 1.807) is 24.5 Å². The predicted molar refractivity (Wildman–Crippen MR) is 101 cm³/mol. The Morgan fingerprint density at radius 2 is 2.04 bits per heavy atom. The van der Waals surface area contributed by atoms with Crippen LogP contribution in [0.1, 0.15) is 34.8 Å². The molecule has 2 aromatic rings. The Morgan fingerprint density at radius 1 is 1.26 bits per heavy atom. The van der Waals surface area contributed by atoms with Gasteiger partial charge in [0, 0.05) is 63.0 Å². The summed E-state index contributed by atoms with van der Waals surface area (Å²) >= 11 is 0. The van der Waals surface area contributed by atoms with Crippen molar-refractivity contribution < 1.29 is 18.3 Å².